The topological polar surface area (TPSA) is 99.6 Å². The maximum Gasteiger partial charge on any atom is 0.313 e. The number of anilines is 2. The second-order valence-electron chi connectivity index (χ2n) is 12.2. The summed E-state index contributed by atoms with van der Waals surface area (Å²) in [5, 5.41) is 10.7. The van der Waals surface area contributed by atoms with Crippen LogP contribution in [-0.2, 0) is 30.3 Å². The van der Waals surface area contributed by atoms with Crippen LogP contribution in [0.2, 0.25) is 0 Å². The van der Waals surface area contributed by atoms with Crippen LogP contribution in [0.5, 0.6) is 0 Å². The number of ether oxygens (including phenoxy) is 2. The lowest BCUT2D eigenvalue weighted by Gasteiger charge is -2.40. The molecule has 4 aliphatic heterocycles. The molecule has 1 unspecified atom stereocenters. The number of esters is 1. The van der Waals surface area contributed by atoms with Crippen molar-refractivity contribution in [2.45, 2.75) is 56.9 Å². The zero-order valence-electron chi connectivity index (χ0n) is 25.6. The Bertz CT molecular complexity index is 1450. The van der Waals surface area contributed by atoms with Gasteiger partial charge in [-0.1, -0.05) is 54.6 Å². The molecule has 4 aliphatic rings. The van der Waals surface area contributed by atoms with Crippen molar-refractivity contribution in [3.63, 3.8) is 0 Å². The normalized spacial score (nSPS) is 30.2. The van der Waals surface area contributed by atoms with Gasteiger partial charge in [0, 0.05) is 31.0 Å². The Kier molecular flexibility index (Phi) is 8.11. The zero-order chi connectivity index (χ0) is 31.1. The SMILES string of the molecule is CCN(CC)c1ccc(N2CC=C[C@]34O[C@]5(C)C=CCCOC(=O)[C@@H]5[C@H]3C(=O)N([C@@H](CO)Cc3ccccc3)C4C2=O)cc1. The highest BCUT2D eigenvalue weighted by molar-refractivity contribution is 6.06. The van der Waals surface area contributed by atoms with E-state index in [0.29, 0.717) is 18.5 Å². The van der Waals surface area contributed by atoms with Crippen LogP contribution in [0.4, 0.5) is 11.4 Å². The van der Waals surface area contributed by atoms with Crippen molar-refractivity contribution in [3.8, 4) is 0 Å². The van der Waals surface area contributed by atoms with E-state index in [1.165, 1.54) is 4.90 Å². The lowest BCUT2D eigenvalue weighted by molar-refractivity contribution is -0.160. The van der Waals surface area contributed by atoms with Gasteiger partial charge in [0.25, 0.3) is 5.91 Å². The van der Waals surface area contributed by atoms with Crippen molar-refractivity contribution >= 4 is 29.2 Å². The molecule has 2 aromatic rings. The van der Waals surface area contributed by atoms with Gasteiger partial charge in [0.05, 0.1) is 30.8 Å². The number of hydrogen-bond donors (Lipinski definition) is 1. The molecule has 0 aliphatic carbocycles. The molecule has 6 atom stereocenters. The summed E-state index contributed by atoms with van der Waals surface area (Å²) in [5.74, 6) is -3.16. The number of cyclic esters (lactones) is 1. The third-order valence-electron chi connectivity index (χ3n) is 9.67. The van der Waals surface area contributed by atoms with Gasteiger partial charge < -0.3 is 29.3 Å². The van der Waals surface area contributed by atoms with Crippen LogP contribution in [0.1, 0.15) is 32.8 Å². The smallest absolute Gasteiger partial charge is 0.313 e. The van der Waals surface area contributed by atoms with E-state index < -0.39 is 41.1 Å². The van der Waals surface area contributed by atoms with Gasteiger partial charge in [-0.05, 0) is 63.4 Å². The molecule has 2 fully saturated rings. The first-order chi connectivity index (χ1) is 21.3. The first-order valence-electron chi connectivity index (χ1n) is 15.6. The summed E-state index contributed by atoms with van der Waals surface area (Å²) >= 11 is 0. The van der Waals surface area contributed by atoms with Crippen molar-refractivity contribution in [3.05, 3.63) is 84.5 Å². The molecule has 0 radical (unpaired) electrons. The van der Waals surface area contributed by atoms with E-state index in [9.17, 15) is 19.5 Å². The Labute approximate surface area is 258 Å². The minimum Gasteiger partial charge on any atom is -0.465 e. The first kappa shape index (κ1) is 30.1. The maximum absolute atomic E-state index is 14.8. The maximum atomic E-state index is 14.8. The molecule has 0 aromatic heterocycles. The average Bonchev–Trinajstić information content (AvgIpc) is 3.35. The molecular formula is C35H41N3O6. The van der Waals surface area contributed by atoms with E-state index in [1.54, 1.807) is 11.8 Å². The molecular weight excluding hydrogens is 558 g/mol. The molecule has 1 N–H and O–H groups in total. The summed E-state index contributed by atoms with van der Waals surface area (Å²) in [6.07, 6.45) is 8.31. The quantitative estimate of drug-likeness (QED) is 0.366. The molecule has 0 saturated carbocycles. The number of likely N-dealkylation sites (tertiary alicyclic amines) is 1. The minimum absolute atomic E-state index is 0.211. The number of benzene rings is 2. The van der Waals surface area contributed by atoms with Crippen molar-refractivity contribution in [2.24, 2.45) is 11.8 Å². The molecule has 4 heterocycles. The number of amides is 2. The Hall–Kier alpha value is -3.95. The fourth-order valence-corrected chi connectivity index (χ4v) is 7.62. The van der Waals surface area contributed by atoms with E-state index in [1.807, 2.05) is 78.9 Å². The zero-order valence-corrected chi connectivity index (χ0v) is 25.6. The Morgan fingerprint density at radius 2 is 1.68 bits per heavy atom. The summed E-state index contributed by atoms with van der Waals surface area (Å²) < 4.78 is 12.5. The third-order valence-corrected chi connectivity index (χ3v) is 9.67. The highest BCUT2D eigenvalue weighted by Gasteiger charge is 2.75. The number of aliphatic hydroxyl groups excluding tert-OH is 1. The van der Waals surface area contributed by atoms with E-state index in [2.05, 4.69) is 18.7 Å². The van der Waals surface area contributed by atoms with Gasteiger partial charge in [-0.15, -0.1) is 0 Å². The highest BCUT2D eigenvalue weighted by atomic mass is 16.6. The van der Waals surface area contributed by atoms with Crippen molar-refractivity contribution in [1.29, 1.82) is 0 Å². The lowest BCUT2D eigenvalue weighted by Crippen LogP contribution is -2.59. The van der Waals surface area contributed by atoms with Gasteiger partial charge in [-0.2, -0.15) is 0 Å². The first-order valence-corrected chi connectivity index (χ1v) is 15.6. The van der Waals surface area contributed by atoms with Crippen LogP contribution in [0.3, 0.4) is 0 Å². The molecule has 2 saturated heterocycles. The highest BCUT2D eigenvalue weighted by Crippen LogP contribution is 2.57. The van der Waals surface area contributed by atoms with Gasteiger partial charge in [-0.3, -0.25) is 14.4 Å². The van der Waals surface area contributed by atoms with Crippen molar-refractivity contribution < 1.29 is 29.0 Å². The second kappa shape index (κ2) is 11.9. The standard InChI is InChI=1S/C35H41N3O6/c1-4-36(5-2)25-14-16-26(17-15-25)37-20-11-19-35-28(29-33(42)43-21-10-9-18-34(29,3)44-35)31(40)38(30(35)32(37)41)27(23-39)22-24-12-7-6-8-13-24/h6-9,11-19,27-30,39H,4-5,10,20-23H2,1-3H3/t27-,28+,29+,30?,34-,35+/m1/s1. The van der Waals surface area contributed by atoms with Crippen LogP contribution in [0.25, 0.3) is 0 Å². The Morgan fingerprint density at radius 3 is 2.36 bits per heavy atom. The summed E-state index contributed by atoms with van der Waals surface area (Å²) in [6, 6.07) is 15.6. The molecule has 0 bridgehead atoms. The molecule has 9 nitrogen and oxygen atoms in total. The predicted octanol–water partition coefficient (Wildman–Crippen LogP) is 3.51. The number of hydrogen-bond acceptors (Lipinski definition) is 7. The molecule has 6 rings (SSSR count). The number of aliphatic hydroxyl groups is 1. The van der Waals surface area contributed by atoms with Crippen molar-refractivity contribution in [2.75, 3.05) is 42.6 Å². The largest absolute Gasteiger partial charge is 0.465 e. The molecule has 2 amide bonds. The van der Waals surface area contributed by atoms with Crippen LogP contribution in [-0.4, -0.2) is 83.9 Å². The number of carbonyl (C=O) groups is 3. The number of nitrogens with zero attached hydrogens (tertiary/aromatic N) is 3. The fourth-order valence-electron chi connectivity index (χ4n) is 7.62. The lowest BCUT2D eigenvalue weighted by atomic mass is 9.74. The molecule has 232 valence electrons. The van der Waals surface area contributed by atoms with Gasteiger partial charge in [0.2, 0.25) is 5.91 Å². The van der Waals surface area contributed by atoms with Crippen LogP contribution >= 0.6 is 0 Å². The number of fused-ring (bicyclic) bond motifs is 2. The average molecular weight is 600 g/mol. The van der Waals surface area contributed by atoms with Crippen molar-refractivity contribution in [1.82, 2.24) is 4.90 Å². The summed E-state index contributed by atoms with van der Waals surface area (Å²) in [5.41, 5.74) is 0.0945. The van der Waals surface area contributed by atoms with E-state index >= 15 is 0 Å². The second-order valence-corrected chi connectivity index (χ2v) is 12.2. The Balaban J connectivity index is 1.46. The molecule has 9 heteroatoms. The van der Waals surface area contributed by atoms with E-state index in [0.717, 1.165) is 24.3 Å². The molecule has 2 aromatic carbocycles. The van der Waals surface area contributed by atoms with E-state index in [-0.39, 0.29) is 31.6 Å². The summed E-state index contributed by atoms with van der Waals surface area (Å²) in [4.78, 5) is 48.5. The van der Waals surface area contributed by atoms with Gasteiger partial charge in [0.1, 0.15) is 17.6 Å². The van der Waals surface area contributed by atoms with Crippen LogP contribution in [0, 0.1) is 11.8 Å². The summed E-state index contributed by atoms with van der Waals surface area (Å²) in [7, 11) is 0. The molecule has 44 heavy (non-hydrogen) atoms. The van der Waals surface area contributed by atoms with Gasteiger partial charge in [-0.25, -0.2) is 0 Å². The third kappa shape index (κ3) is 4.82. The van der Waals surface area contributed by atoms with Crippen LogP contribution < -0.4 is 9.80 Å². The fraction of sp³-hybridized carbons (Fsp3) is 0.457. The number of carbonyl (C=O) groups excluding carboxylic acids is 3. The number of rotatable bonds is 8. The monoisotopic (exact) mass is 599 g/mol. The minimum atomic E-state index is -1.43. The van der Waals surface area contributed by atoms with Crippen LogP contribution in [0.15, 0.2) is 78.9 Å². The molecule has 1 spiro atoms. The predicted molar refractivity (Wildman–Crippen MR) is 167 cm³/mol. The van der Waals surface area contributed by atoms with Gasteiger partial charge in [0.15, 0.2) is 0 Å². The van der Waals surface area contributed by atoms with E-state index in [4.69, 9.17) is 9.47 Å². The van der Waals surface area contributed by atoms with Gasteiger partial charge >= 0.3 is 5.97 Å². The Morgan fingerprint density at radius 1 is 0.955 bits per heavy atom. The summed E-state index contributed by atoms with van der Waals surface area (Å²) in [6.45, 7) is 7.84.